The number of ether oxygens (including phenoxy) is 1. The molecule has 0 aliphatic heterocycles. The lowest BCUT2D eigenvalue weighted by Crippen LogP contribution is -2.01. The molecule has 0 N–H and O–H groups in total. The highest BCUT2D eigenvalue weighted by Gasteiger charge is 1.98. The molecule has 0 fully saturated rings. The highest BCUT2D eigenvalue weighted by molar-refractivity contribution is 5.81. The molecule has 0 spiro atoms. The first kappa shape index (κ1) is 16.2. The summed E-state index contributed by atoms with van der Waals surface area (Å²) in [6.07, 6.45) is 11.3. The molecule has 2 nitrogen and oxygen atoms in total. The van der Waals surface area contributed by atoms with E-state index < -0.39 is 0 Å². The number of unbranched alkanes of at least 4 members (excludes halogenated alkanes) is 5. The third-order valence-corrected chi connectivity index (χ3v) is 3.20. The van der Waals surface area contributed by atoms with Crippen LogP contribution in [0.5, 0.6) is 0 Å². The van der Waals surface area contributed by atoms with Gasteiger partial charge in [-0.05, 0) is 12.3 Å². The molecule has 0 aromatic rings. The van der Waals surface area contributed by atoms with Crippen LogP contribution in [0, 0.1) is 5.92 Å². The van der Waals surface area contributed by atoms with Gasteiger partial charge >= 0.3 is 5.97 Å². The van der Waals surface area contributed by atoms with Gasteiger partial charge in [-0.3, -0.25) is 0 Å². The molecular formula is C15H28O2. The van der Waals surface area contributed by atoms with Crippen molar-refractivity contribution in [3.8, 4) is 0 Å². The summed E-state index contributed by atoms with van der Waals surface area (Å²) in [4.78, 5) is 10.7. The van der Waals surface area contributed by atoms with Crippen LogP contribution in [0.1, 0.15) is 65.2 Å². The Bertz CT molecular complexity index is 199. The maximum absolute atomic E-state index is 10.7. The Balaban J connectivity index is 3.08. The van der Waals surface area contributed by atoms with Crippen LogP contribution in [0.2, 0.25) is 0 Å². The Morgan fingerprint density at radius 2 is 1.76 bits per heavy atom. The summed E-state index contributed by atoms with van der Waals surface area (Å²) in [7, 11) is 0. The molecule has 0 saturated carbocycles. The molecule has 0 saturated heterocycles. The first-order valence-electron chi connectivity index (χ1n) is 6.99. The van der Waals surface area contributed by atoms with Gasteiger partial charge < -0.3 is 4.74 Å². The Labute approximate surface area is 106 Å². The molecule has 0 rings (SSSR count). The van der Waals surface area contributed by atoms with Gasteiger partial charge in [0, 0.05) is 6.08 Å². The van der Waals surface area contributed by atoms with Gasteiger partial charge in [0.25, 0.3) is 0 Å². The summed E-state index contributed by atoms with van der Waals surface area (Å²) >= 11 is 0. The average molecular weight is 240 g/mol. The summed E-state index contributed by atoms with van der Waals surface area (Å²) in [5.41, 5.74) is 0. The third-order valence-electron chi connectivity index (χ3n) is 3.20. The zero-order valence-electron chi connectivity index (χ0n) is 11.5. The second-order valence-corrected chi connectivity index (χ2v) is 4.80. The van der Waals surface area contributed by atoms with Crippen molar-refractivity contribution in [1.29, 1.82) is 0 Å². The monoisotopic (exact) mass is 240 g/mol. The van der Waals surface area contributed by atoms with Crippen molar-refractivity contribution in [3.63, 3.8) is 0 Å². The van der Waals surface area contributed by atoms with Gasteiger partial charge in [0.2, 0.25) is 0 Å². The van der Waals surface area contributed by atoms with E-state index in [1.165, 1.54) is 44.6 Å². The summed E-state index contributed by atoms with van der Waals surface area (Å²) in [6, 6.07) is 0. The lowest BCUT2D eigenvalue weighted by molar-refractivity contribution is -0.137. The second-order valence-electron chi connectivity index (χ2n) is 4.80. The molecule has 2 heteroatoms. The van der Waals surface area contributed by atoms with Gasteiger partial charge in [-0.25, -0.2) is 4.79 Å². The van der Waals surface area contributed by atoms with Gasteiger partial charge in [-0.15, -0.1) is 0 Å². The zero-order valence-corrected chi connectivity index (χ0v) is 11.5. The minimum Gasteiger partial charge on any atom is -0.463 e. The normalized spacial score (nSPS) is 12.1. The van der Waals surface area contributed by atoms with E-state index in [-0.39, 0.29) is 5.97 Å². The Kier molecular flexibility index (Phi) is 11.1. The largest absolute Gasteiger partial charge is 0.463 e. The minimum absolute atomic E-state index is 0.307. The van der Waals surface area contributed by atoms with Crippen LogP contribution in [0.25, 0.3) is 0 Å². The molecule has 100 valence electrons. The molecule has 0 bridgehead atoms. The van der Waals surface area contributed by atoms with E-state index >= 15 is 0 Å². The van der Waals surface area contributed by atoms with Crippen LogP contribution in [-0.2, 0) is 9.53 Å². The molecular weight excluding hydrogens is 212 g/mol. The highest BCUT2D eigenvalue weighted by Crippen LogP contribution is 2.14. The maximum Gasteiger partial charge on any atom is 0.330 e. The topological polar surface area (TPSA) is 26.3 Å². The quantitative estimate of drug-likeness (QED) is 0.302. The Morgan fingerprint density at radius 1 is 1.18 bits per heavy atom. The molecule has 0 heterocycles. The molecule has 0 radical (unpaired) electrons. The molecule has 17 heavy (non-hydrogen) atoms. The van der Waals surface area contributed by atoms with Crippen molar-refractivity contribution >= 4 is 5.97 Å². The summed E-state index contributed by atoms with van der Waals surface area (Å²) in [5, 5.41) is 0. The number of rotatable bonds is 11. The smallest absolute Gasteiger partial charge is 0.330 e. The Hall–Kier alpha value is -0.790. The van der Waals surface area contributed by atoms with Crippen molar-refractivity contribution < 1.29 is 9.53 Å². The van der Waals surface area contributed by atoms with Crippen LogP contribution >= 0.6 is 0 Å². The summed E-state index contributed by atoms with van der Waals surface area (Å²) < 4.78 is 4.91. The standard InChI is InChI=1S/C15H28O2/c1-4-14(3)12-10-8-6-7-9-11-13-17-15(16)5-2/h5,14H,2,4,6-13H2,1,3H3. The lowest BCUT2D eigenvalue weighted by atomic mass is 10.00. The number of carbonyl (C=O) groups is 1. The number of esters is 1. The summed E-state index contributed by atoms with van der Waals surface area (Å²) in [5.74, 6) is 0.576. The van der Waals surface area contributed by atoms with Crippen molar-refractivity contribution in [1.82, 2.24) is 0 Å². The fourth-order valence-electron chi connectivity index (χ4n) is 1.74. The molecule has 0 amide bonds. The first-order chi connectivity index (χ1) is 8.20. The third kappa shape index (κ3) is 11.5. The maximum atomic E-state index is 10.7. The number of hydrogen-bond acceptors (Lipinski definition) is 2. The van der Waals surface area contributed by atoms with Crippen LogP contribution < -0.4 is 0 Å². The van der Waals surface area contributed by atoms with E-state index in [2.05, 4.69) is 20.4 Å². The molecule has 0 aromatic carbocycles. The highest BCUT2D eigenvalue weighted by atomic mass is 16.5. The van der Waals surface area contributed by atoms with E-state index in [0.717, 1.165) is 18.8 Å². The van der Waals surface area contributed by atoms with Crippen molar-refractivity contribution in [2.75, 3.05) is 6.61 Å². The summed E-state index contributed by atoms with van der Waals surface area (Å²) in [6.45, 7) is 8.48. The number of carbonyl (C=O) groups excluding carboxylic acids is 1. The van der Waals surface area contributed by atoms with Crippen molar-refractivity contribution in [2.24, 2.45) is 5.92 Å². The van der Waals surface area contributed by atoms with Gasteiger partial charge in [0.05, 0.1) is 6.61 Å². The SMILES string of the molecule is C=CC(=O)OCCCCCCCCC(C)CC. The van der Waals surface area contributed by atoms with Crippen LogP contribution in [-0.4, -0.2) is 12.6 Å². The van der Waals surface area contributed by atoms with Gasteiger partial charge in [-0.1, -0.05) is 65.4 Å². The molecule has 0 aromatic heterocycles. The average Bonchev–Trinajstić information content (AvgIpc) is 2.35. The van der Waals surface area contributed by atoms with E-state index in [1.54, 1.807) is 0 Å². The molecule has 1 atom stereocenters. The van der Waals surface area contributed by atoms with Crippen LogP contribution in [0.3, 0.4) is 0 Å². The van der Waals surface area contributed by atoms with Gasteiger partial charge in [-0.2, -0.15) is 0 Å². The zero-order chi connectivity index (χ0) is 12.9. The fraction of sp³-hybridized carbons (Fsp3) is 0.800. The van der Waals surface area contributed by atoms with E-state index in [0.29, 0.717) is 6.61 Å². The van der Waals surface area contributed by atoms with Gasteiger partial charge in [0.15, 0.2) is 0 Å². The fourth-order valence-corrected chi connectivity index (χ4v) is 1.74. The molecule has 1 unspecified atom stereocenters. The van der Waals surface area contributed by atoms with Crippen molar-refractivity contribution in [2.45, 2.75) is 65.2 Å². The lowest BCUT2D eigenvalue weighted by Gasteiger charge is -2.07. The van der Waals surface area contributed by atoms with Crippen LogP contribution in [0.4, 0.5) is 0 Å². The predicted octanol–water partition coefficient (Wildman–Crippen LogP) is 4.49. The van der Waals surface area contributed by atoms with E-state index in [1.807, 2.05) is 0 Å². The van der Waals surface area contributed by atoms with Gasteiger partial charge in [0.1, 0.15) is 0 Å². The molecule has 0 aliphatic carbocycles. The van der Waals surface area contributed by atoms with Crippen molar-refractivity contribution in [3.05, 3.63) is 12.7 Å². The second kappa shape index (κ2) is 11.7. The minimum atomic E-state index is -0.307. The van der Waals surface area contributed by atoms with Crippen LogP contribution in [0.15, 0.2) is 12.7 Å². The predicted molar refractivity (Wildman–Crippen MR) is 72.9 cm³/mol. The Morgan fingerprint density at radius 3 is 2.35 bits per heavy atom. The number of hydrogen-bond donors (Lipinski definition) is 0. The molecule has 0 aliphatic rings. The van der Waals surface area contributed by atoms with E-state index in [4.69, 9.17) is 4.74 Å². The van der Waals surface area contributed by atoms with E-state index in [9.17, 15) is 4.79 Å². The first-order valence-corrected chi connectivity index (χ1v) is 6.99.